The molecule has 0 aliphatic carbocycles. The number of nitrogens with zero attached hydrogens (tertiary/aromatic N) is 4. The Balaban J connectivity index is 0.000000306. The Labute approximate surface area is 622 Å². The third kappa shape index (κ3) is 29.8. The van der Waals surface area contributed by atoms with Crippen molar-refractivity contribution >= 4 is 105 Å². The van der Waals surface area contributed by atoms with Crippen LogP contribution in [0.3, 0.4) is 0 Å². The van der Waals surface area contributed by atoms with Crippen LogP contribution in [0.25, 0.3) is 0 Å². The van der Waals surface area contributed by atoms with E-state index in [1.54, 1.807) is 26.0 Å². The zero-order valence-electron chi connectivity index (χ0n) is 58.6. The fourth-order valence-electron chi connectivity index (χ4n) is 11.2. The molecule has 27 heteroatoms. The van der Waals surface area contributed by atoms with Crippen molar-refractivity contribution in [2.45, 2.75) is 114 Å². The van der Waals surface area contributed by atoms with Crippen molar-refractivity contribution in [2.24, 2.45) is 5.73 Å². The molecule has 2 fully saturated rings. The predicted molar refractivity (Wildman–Crippen MR) is 394 cm³/mol. The standard InChI is InChI=1S/C37H43Cl2FN4O6.C24H30Cl2FN3O3.C13H15NO4.C2H2/c1-2-49-37(48)32(23-27-13-15-29(40)16-14-27)42-35(46)31(24-28-10-6-11-30(22-28)43(20-17-38)21-18-39)41-36(47)33-12-7-19-44(33)50-34(45)25-26-8-4-3-5-9-26;1-2-33-24(32)22(16-17-6-8-19(27)9-7-17)29-23(31)21(28)15-18-4-3-5-20(14-18)30(12-10-25)13-11-26;15-12(9-10-5-2-1-3-6-10)18-14-8-4-7-11(14)13(16)17;1-2/h3-6,8-11,13-16,22,31-33H,2,7,12,17-21,23-25H2,1H3,(H,41,47)(H,42,46);3-9,14,21-22H,2,10-13,15-16,28H2,1H3,(H,29,31);1-3,5-6,11H,4,7-9H2,(H,16,17);1-2H/i;;;1D. The van der Waals surface area contributed by atoms with Crippen molar-refractivity contribution in [3.05, 3.63) is 203 Å². The van der Waals surface area contributed by atoms with Gasteiger partial charge in [-0.05, 0) is 128 Å². The highest BCUT2D eigenvalue weighted by Gasteiger charge is 2.38. The molecule has 2 aliphatic heterocycles. The first-order chi connectivity index (χ1) is 50.1. The molecule has 6 N–H and O–H groups in total. The van der Waals surface area contributed by atoms with E-state index in [0.29, 0.717) is 93.2 Å². The van der Waals surface area contributed by atoms with Crippen molar-refractivity contribution in [1.29, 1.82) is 0 Å². The van der Waals surface area contributed by atoms with E-state index in [9.17, 15) is 47.1 Å². The lowest BCUT2D eigenvalue weighted by atomic mass is 10.0. The third-order valence-electron chi connectivity index (χ3n) is 16.1. The fraction of sp³-hybridized carbons (Fsp3) is 0.395. The van der Waals surface area contributed by atoms with Gasteiger partial charge in [-0.25, -0.2) is 28.0 Å². The smallest absolute Gasteiger partial charge is 0.329 e. The summed E-state index contributed by atoms with van der Waals surface area (Å²) < 4.78 is 42.9. The number of hydrogen-bond donors (Lipinski definition) is 5. The average molecular weight is 1500 g/mol. The first-order valence-electron chi connectivity index (χ1n) is 34.2. The molecule has 554 valence electrons. The van der Waals surface area contributed by atoms with Gasteiger partial charge < -0.3 is 55.7 Å². The Morgan fingerprint density at radius 3 is 1.32 bits per heavy atom. The van der Waals surface area contributed by atoms with Gasteiger partial charge in [0.15, 0.2) is 0 Å². The van der Waals surface area contributed by atoms with E-state index in [2.05, 4.69) is 27.3 Å². The molecular formula is C76H90Cl4F2N8O13. The molecule has 21 nitrogen and oxygen atoms in total. The normalized spacial score (nSPS) is 15.1. The number of hydrogen-bond acceptors (Lipinski definition) is 17. The summed E-state index contributed by atoms with van der Waals surface area (Å²) in [4.78, 5) is 116. The van der Waals surface area contributed by atoms with Crippen LogP contribution in [0, 0.1) is 24.5 Å². The van der Waals surface area contributed by atoms with Gasteiger partial charge in [-0.15, -0.1) is 69.4 Å². The second-order valence-corrected chi connectivity index (χ2v) is 25.1. The number of nitrogens with two attached hydrogens (primary N) is 1. The maximum Gasteiger partial charge on any atom is 0.329 e. The number of ether oxygens (including phenoxy) is 2. The Bertz CT molecular complexity index is 3680. The van der Waals surface area contributed by atoms with E-state index in [4.69, 9.17) is 77.8 Å². The lowest BCUT2D eigenvalue weighted by Crippen LogP contribution is -2.56. The summed E-state index contributed by atoms with van der Waals surface area (Å²) in [6, 6.07) is 39.3. The highest BCUT2D eigenvalue weighted by Crippen LogP contribution is 2.24. The molecule has 8 rings (SSSR count). The van der Waals surface area contributed by atoms with Gasteiger partial charge in [-0.2, -0.15) is 0 Å². The van der Waals surface area contributed by atoms with E-state index in [-0.39, 0.29) is 57.6 Å². The van der Waals surface area contributed by atoms with Gasteiger partial charge in [0.25, 0.3) is 0 Å². The van der Waals surface area contributed by atoms with Crippen LogP contribution in [-0.2, 0) is 96.0 Å². The number of terminal acetylenes is 1. The summed E-state index contributed by atoms with van der Waals surface area (Å²) in [6.07, 6.45) is 8.80. The number of rotatable bonds is 35. The third-order valence-corrected chi connectivity index (χ3v) is 16.8. The van der Waals surface area contributed by atoms with Crippen LogP contribution in [0.1, 0.15) is 74.3 Å². The van der Waals surface area contributed by atoms with Crippen molar-refractivity contribution in [1.82, 2.24) is 26.1 Å². The van der Waals surface area contributed by atoms with E-state index in [0.717, 1.165) is 40.0 Å². The van der Waals surface area contributed by atoms with Gasteiger partial charge in [-0.1, -0.05) is 109 Å². The van der Waals surface area contributed by atoms with Crippen molar-refractivity contribution < 1.29 is 72.8 Å². The van der Waals surface area contributed by atoms with Crippen LogP contribution in [0.2, 0.25) is 0 Å². The number of anilines is 2. The molecule has 6 aromatic rings. The van der Waals surface area contributed by atoms with Gasteiger partial charge >= 0.3 is 29.8 Å². The number of alkyl halides is 4. The number of carbonyl (C=O) groups excluding carboxylic acids is 7. The summed E-state index contributed by atoms with van der Waals surface area (Å²) in [5.41, 5.74) is 12.5. The molecule has 6 atom stereocenters. The lowest BCUT2D eigenvalue weighted by molar-refractivity contribution is -0.198. The minimum Gasteiger partial charge on any atom is -0.480 e. The van der Waals surface area contributed by atoms with Crippen LogP contribution in [0.4, 0.5) is 20.2 Å². The van der Waals surface area contributed by atoms with E-state index >= 15 is 0 Å². The maximum absolute atomic E-state index is 14.0. The van der Waals surface area contributed by atoms with E-state index < -0.39 is 89.6 Å². The van der Waals surface area contributed by atoms with Crippen LogP contribution in [0.15, 0.2) is 158 Å². The minimum atomic E-state index is -1.13. The van der Waals surface area contributed by atoms with Gasteiger partial charge in [-0.3, -0.25) is 19.2 Å². The summed E-state index contributed by atoms with van der Waals surface area (Å²) in [7, 11) is 0. The molecule has 0 bridgehead atoms. The van der Waals surface area contributed by atoms with E-state index in [1.807, 2.05) is 114 Å². The number of amides is 3. The van der Waals surface area contributed by atoms with Gasteiger partial charge in [0.1, 0.15) is 43.2 Å². The number of nitrogens with one attached hydrogen (secondary N) is 3. The van der Waals surface area contributed by atoms with Crippen LogP contribution < -0.4 is 31.5 Å². The SMILES string of the molecule is CCOC(=O)C(Cc1ccc(F)cc1)NC(=O)C(Cc1cccc(N(CCCl)CCCl)c1)NC(=O)C1CCCN1OC(=O)Cc1ccccc1.CCOC(=O)C(Cc1ccc(F)cc1)NC(=O)C(N)Cc1cccc(N(CCCl)CCCl)c1.O=C(Cc1ccccc1)ON1CCCC1C(=O)O.[2H]C#C. The molecule has 2 aliphatic rings. The van der Waals surface area contributed by atoms with E-state index in [1.165, 1.54) is 52.9 Å². The summed E-state index contributed by atoms with van der Waals surface area (Å²) >= 11 is 23.9. The highest BCUT2D eigenvalue weighted by atomic mass is 35.5. The molecule has 6 unspecified atom stereocenters. The molecular weight excluding hydrogens is 1410 g/mol. The number of benzene rings is 6. The Kier molecular flexibility index (Phi) is 37.7. The van der Waals surface area contributed by atoms with Gasteiger partial charge in [0.05, 0.1) is 32.1 Å². The second kappa shape index (κ2) is 46.7. The lowest BCUT2D eigenvalue weighted by Gasteiger charge is -2.27. The molecule has 2 heterocycles. The number of carboxylic acids is 1. The first kappa shape index (κ1) is 83.1. The molecule has 103 heavy (non-hydrogen) atoms. The van der Waals surface area contributed by atoms with Crippen LogP contribution in [-0.4, -0.2) is 175 Å². The number of carboxylic acid groups (broad SMARTS) is 1. The highest BCUT2D eigenvalue weighted by molar-refractivity contribution is 6.19. The molecule has 0 aromatic heterocycles. The number of halogens is 6. The zero-order chi connectivity index (χ0) is 75.8. The number of esters is 2. The van der Waals surface area contributed by atoms with Crippen LogP contribution in [0.5, 0.6) is 0 Å². The Morgan fingerprint density at radius 1 is 0.534 bits per heavy atom. The summed E-state index contributed by atoms with van der Waals surface area (Å²) in [5, 5.41) is 19.9. The van der Waals surface area contributed by atoms with Crippen molar-refractivity contribution in [3.8, 4) is 12.8 Å². The van der Waals surface area contributed by atoms with Gasteiger partial charge in [0, 0.05) is 93.4 Å². The fourth-order valence-corrected chi connectivity index (χ4v) is 12.0. The summed E-state index contributed by atoms with van der Waals surface area (Å²) in [5.74, 6) is -3.79. The minimum absolute atomic E-state index is 0.0422. The first-order valence-corrected chi connectivity index (χ1v) is 35.8. The van der Waals surface area contributed by atoms with Crippen molar-refractivity contribution in [3.63, 3.8) is 0 Å². The molecule has 0 radical (unpaired) electrons. The molecule has 0 saturated carbocycles. The monoisotopic (exact) mass is 1500 g/mol. The molecule has 0 spiro atoms. The van der Waals surface area contributed by atoms with Crippen LogP contribution >= 0.6 is 46.4 Å². The topological polar surface area (TPSA) is 269 Å². The number of hydroxylamine groups is 4. The number of aliphatic carboxylic acids is 1. The van der Waals surface area contributed by atoms with Gasteiger partial charge in [0.2, 0.25) is 17.7 Å². The maximum atomic E-state index is 14.0. The summed E-state index contributed by atoms with van der Waals surface area (Å²) in [6.45, 7) is 6.86. The predicted octanol–water partition coefficient (Wildman–Crippen LogP) is 9.35. The second-order valence-electron chi connectivity index (χ2n) is 23.6. The Morgan fingerprint density at radius 2 is 0.913 bits per heavy atom. The largest absolute Gasteiger partial charge is 0.480 e. The quantitative estimate of drug-likeness (QED) is 0.0141. The average Bonchev–Trinajstić information content (AvgIpc) is 1.20. The van der Waals surface area contributed by atoms with Crippen molar-refractivity contribution in [2.75, 3.05) is 85.8 Å². The molecule has 2 saturated heterocycles. The zero-order valence-corrected chi connectivity index (χ0v) is 60.6. The molecule has 3 amide bonds. The molecule has 6 aromatic carbocycles. The Hall–Kier alpha value is -8.86. The number of carbonyl (C=O) groups is 8.